The number of pyridine rings is 1. The van der Waals surface area contributed by atoms with E-state index < -0.39 is 16.1 Å². The third kappa shape index (κ3) is 3.18. The summed E-state index contributed by atoms with van der Waals surface area (Å²) in [5, 5.41) is 6.94. The van der Waals surface area contributed by atoms with Crippen LogP contribution in [0.1, 0.15) is 12.5 Å². The summed E-state index contributed by atoms with van der Waals surface area (Å²) < 4.78 is 25.1. The van der Waals surface area contributed by atoms with Crippen molar-refractivity contribution in [3.8, 4) is 11.1 Å². The molecule has 1 amide bonds. The maximum absolute atomic E-state index is 11.7. The van der Waals surface area contributed by atoms with Crippen LogP contribution in [0.4, 0.5) is 0 Å². The van der Waals surface area contributed by atoms with Gasteiger partial charge in [0.15, 0.2) is 9.84 Å². The lowest BCUT2D eigenvalue weighted by molar-refractivity contribution is -0.560. The van der Waals surface area contributed by atoms with Gasteiger partial charge in [-0.05, 0) is 40.8 Å². The van der Waals surface area contributed by atoms with E-state index in [2.05, 4.69) is 15.4 Å². The second-order valence-electron chi connectivity index (χ2n) is 5.70. The van der Waals surface area contributed by atoms with E-state index in [0.29, 0.717) is 5.49 Å². The lowest BCUT2D eigenvalue weighted by Gasteiger charge is -2.03. The van der Waals surface area contributed by atoms with Gasteiger partial charge in [0.2, 0.25) is 5.91 Å². The van der Waals surface area contributed by atoms with Crippen molar-refractivity contribution in [2.45, 2.75) is 25.0 Å². The van der Waals surface area contributed by atoms with Crippen LogP contribution < -0.4 is 15.2 Å². The molecule has 2 heterocycles. The zero-order valence-corrected chi connectivity index (χ0v) is 14.3. The minimum atomic E-state index is -3.27. The van der Waals surface area contributed by atoms with Gasteiger partial charge in [-0.25, -0.2) is 8.42 Å². The molecule has 24 heavy (non-hydrogen) atoms. The molecule has 0 fully saturated rings. The average molecular weight is 345 g/mol. The Morgan fingerprint density at radius 1 is 1.25 bits per heavy atom. The van der Waals surface area contributed by atoms with Crippen molar-refractivity contribution in [3.63, 3.8) is 0 Å². The second kappa shape index (κ2) is 5.79. The number of carbonyl (C=O) groups excluding carboxylic acids is 1. The first-order chi connectivity index (χ1) is 11.2. The number of aromatic nitrogens is 1. The molecule has 7 nitrogen and oxygen atoms in total. The van der Waals surface area contributed by atoms with Crippen LogP contribution >= 0.6 is 0 Å². The summed E-state index contributed by atoms with van der Waals surface area (Å²) in [5.41, 5.74) is 3.14. The van der Waals surface area contributed by atoms with Crippen molar-refractivity contribution in [1.82, 2.24) is 5.32 Å². The van der Waals surface area contributed by atoms with E-state index in [1.165, 1.54) is 13.2 Å². The first-order valence-corrected chi connectivity index (χ1v) is 9.19. The number of hydrogen-bond acceptors (Lipinski definition) is 5. The number of nitrogens with zero attached hydrogens (tertiary/aromatic N) is 3. The largest absolute Gasteiger partial charge is 0.350 e. The number of hydrogen-bond donors (Lipinski definition) is 1. The molecule has 2 aromatic rings. The molecule has 1 atom stereocenters. The third-order valence-corrected chi connectivity index (χ3v) is 4.72. The van der Waals surface area contributed by atoms with Crippen LogP contribution in [0.25, 0.3) is 11.1 Å². The van der Waals surface area contributed by atoms with Gasteiger partial charge in [0.1, 0.15) is 6.20 Å². The molecule has 0 saturated heterocycles. The number of amides is 1. The highest BCUT2D eigenvalue weighted by Crippen LogP contribution is 2.21. The maximum Gasteiger partial charge on any atom is 0.350 e. The lowest BCUT2D eigenvalue weighted by atomic mass is 10.1. The van der Waals surface area contributed by atoms with Crippen LogP contribution in [0.3, 0.4) is 0 Å². The Labute approximate surface area is 139 Å². The number of aryl methyl sites for hydroxylation is 1. The second-order valence-corrected chi connectivity index (χ2v) is 7.71. The smallest absolute Gasteiger partial charge is 0.293 e. The molecular weight excluding hydrogens is 328 g/mol. The summed E-state index contributed by atoms with van der Waals surface area (Å²) in [6.07, 6.45) is 2.31. The zero-order valence-electron chi connectivity index (χ0n) is 13.5. The van der Waals surface area contributed by atoms with E-state index in [4.69, 9.17) is 0 Å². The highest BCUT2D eigenvalue weighted by Gasteiger charge is 2.23. The fourth-order valence-corrected chi connectivity index (χ4v) is 3.19. The van der Waals surface area contributed by atoms with Crippen molar-refractivity contribution in [2.24, 2.45) is 10.1 Å². The molecular formula is C16H17N4O3S+. The Balaban J connectivity index is 2.10. The highest BCUT2D eigenvalue weighted by atomic mass is 32.2. The predicted molar refractivity (Wildman–Crippen MR) is 86.5 cm³/mol. The maximum atomic E-state index is 11.7. The molecule has 0 bridgehead atoms. The average Bonchev–Trinajstić information content (AvgIpc) is 2.88. The number of rotatable bonds is 3. The summed E-state index contributed by atoms with van der Waals surface area (Å²) in [6, 6.07) is 8.67. The van der Waals surface area contributed by atoms with Crippen molar-refractivity contribution in [2.75, 3.05) is 6.26 Å². The number of fused-ring (bicyclic) bond motifs is 1. The molecule has 1 N–H and O–H groups in total. The van der Waals surface area contributed by atoms with E-state index >= 15 is 0 Å². The van der Waals surface area contributed by atoms with Crippen LogP contribution in [0, 0.1) is 6.92 Å². The third-order valence-electron chi connectivity index (χ3n) is 3.61. The molecule has 0 aliphatic carbocycles. The number of nitrogens with one attached hydrogen (secondary N) is 1. The standard InChI is InChI=1S/C16H16N4O3S/c1-10-7-13(12-5-4-6-14(8-12)24(3,22)23)9-20-15(10)18-16(19-20)17-11(2)21/h4-9,16H,1-3H3/p+1. The zero-order chi connectivity index (χ0) is 17.5. The van der Waals surface area contributed by atoms with E-state index in [1.54, 1.807) is 28.8 Å². The molecule has 1 aliphatic heterocycles. The summed E-state index contributed by atoms with van der Waals surface area (Å²) in [7, 11) is -3.27. The van der Waals surface area contributed by atoms with Crippen molar-refractivity contribution >= 4 is 15.7 Å². The molecule has 8 heteroatoms. The number of sulfone groups is 1. The van der Waals surface area contributed by atoms with Gasteiger partial charge in [-0.2, -0.15) is 0 Å². The van der Waals surface area contributed by atoms with Crippen LogP contribution in [0.2, 0.25) is 0 Å². The Bertz CT molecular complexity index is 1060. The fraction of sp³-hybridized carbons (Fsp3) is 0.250. The van der Waals surface area contributed by atoms with Gasteiger partial charge < -0.3 is 0 Å². The van der Waals surface area contributed by atoms with Crippen LogP contribution in [-0.2, 0) is 14.6 Å². The summed E-state index contributed by atoms with van der Waals surface area (Å²) in [5.74, 6) is -0.209. The normalized spacial score (nSPS) is 16.0. The Morgan fingerprint density at radius 2 is 2.00 bits per heavy atom. The monoisotopic (exact) mass is 345 g/mol. The SMILES string of the molecule is CC(=O)NC1N=c2c(C)cc(-c3cccc(S(C)(=O)=O)c3)c[n+]2=N1. The molecule has 0 saturated carbocycles. The van der Waals surface area contributed by atoms with Gasteiger partial charge in [-0.3, -0.25) is 10.1 Å². The molecule has 1 aliphatic rings. The molecule has 3 rings (SSSR count). The summed E-state index contributed by atoms with van der Waals surface area (Å²) in [4.78, 5) is 15.8. The number of carbonyl (C=O) groups is 1. The Hall–Kier alpha value is -2.61. The van der Waals surface area contributed by atoms with Crippen LogP contribution in [-0.4, -0.2) is 26.9 Å². The van der Waals surface area contributed by atoms with E-state index in [9.17, 15) is 13.2 Å². The topological polar surface area (TPSA) is 93.9 Å². The highest BCUT2D eigenvalue weighted by molar-refractivity contribution is 7.90. The van der Waals surface area contributed by atoms with Crippen molar-refractivity contribution < 1.29 is 17.6 Å². The molecule has 0 spiro atoms. The van der Waals surface area contributed by atoms with Gasteiger partial charge in [-0.1, -0.05) is 16.5 Å². The van der Waals surface area contributed by atoms with E-state index in [1.807, 2.05) is 19.1 Å². The lowest BCUT2D eigenvalue weighted by Crippen LogP contribution is -2.36. The fourth-order valence-electron chi connectivity index (χ4n) is 2.52. The minimum absolute atomic E-state index is 0.209. The number of benzene rings is 1. The van der Waals surface area contributed by atoms with Crippen LogP contribution in [0.15, 0.2) is 51.5 Å². The Kier molecular flexibility index (Phi) is 3.92. The van der Waals surface area contributed by atoms with Gasteiger partial charge >= 0.3 is 11.8 Å². The summed E-state index contributed by atoms with van der Waals surface area (Å²) in [6.45, 7) is 3.30. The molecule has 1 unspecified atom stereocenters. The van der Waals surface area contributed by atoms with Crippen molar-refractivity contribution in [3.05, 3.63) is 47.6 Å². The Morgan fingerprint density at radius 3 is 2.67 bits per heavy atom. The predicted octanol–water partition coefficient (Wildman–Crippen LogP) is 0.438. The summed E-state index contributed by atoms with van der Waals surface area (Å²) >= 11 is 0. The van der Waals surface area contributed by atoms with Crippen LogP contribution in [0.5, 0.6) is 0 Å². The van der Waals surface area contributed by atoms with Gasteiger partial charge in [0, 0.05) is 24.3 Å². The molecule has 1 aromatic heterocycles. The first-order valence-electron chi connectivity index (χ1n) is 7.30. The quantitative estimate of drug-likeness (QED) is 0.818. The van der Waals surface area contributed by atoms with E-state index in [0.717, 1.165) is 16.7 Å². The molecule has 0 radical (unpaired) electrons. The van der Waals surface area contributed by atoms with Gasteiger partial charge in [0.25, 0.3) is 0 Å². The van der Waals surface area contributed by atoms with Gasteiger partial charge in [0.05, 0.1) is 4.90 Å². The molecule has 1 aromatic carbocycles. The van der Waals surface area contributed by atoms with Crippen molar-refractivity contribution in [1.29, 1.82) is 0 Å². The minimum Gasteiger partial charge on any atom is -0.293 e. The van der Waals surface area contributed by atoms with E-state index in [-0.39, 0.29) is 10.8 Å². The first kappa shape index (κ1) is 16.3. The molecule has 124 valence electrons. The van der Waals surface area contributed by atoms with Gasteiger partial charge in [-0.15, -0.1) is 0 Å².